The number of hydrogen-bond acceptors (Lipinski definition) is 8. The Morgan fingerprint density at radius 2 is 2.00 bits per heavy atom. The van der Waals surface area contributed by atoms with Crippen LogP contribution in [0.15, 0.2) is 34.6 Å². The van der Waals surface area contributed by atoms with Gasteiger partial charge in [0.2, 0.25) is 6.79 Å². The van der Waals surface area contributed by atoms with Crippen LogP contribution in [-0.2, 0) is 4.79 Å². The van der Waals surface area contributed by atoms with Crippen LogP contribution in [0, 0.1) is 5.41 Å². The van der Waals surface area contributed by atoms with Gasteiger partial charge in [0.15, 0.2) is 22.4 Å². The maximum atomic E-state index is 13.3. The number of allylic oxidation sites excluding steroid dienone is 2. The lowest BCUT2D eigenvalue weighted by Crippen LogP contribution is -2.34. The number of ether oxygens (including phenoxy) is 2. The molecule has 1 aromatic heterocycles. The lowest BCUT2D eigenvalue weighted by Gasteiger charge is -2.39. The molecule has 29 heavy (non-hydrogen) atoms. The molecule has 0 bridgehead atoms. The summed E-state index contributed by atoms with van der Waals surface area (Å²) in [4.78, 5) is 22.4. The third-order valence-electron chi connectivity index (χ3n) is 5.63. The quantitative estimate of drug-likeness (QED) is 0.571. The van der Waals surface area contributed by atoms with Gasteiger partial charge in [0.25, 0.3) is 0 Å². The van der Waals surface area contributed by atoms with E-state index in [0.29, 0.717) is 34.7 Å². The third kappa shape index (κ3) is 2.93. The minimum atomic E-state index is -0.338. The molecule has 5 rings (SSSR count). The molecule has 3 N–H and O–H groups in total. The predicted molar refractivity (Wildman–Crippen MR) is 111 cm³/mol. The average Bonchev–Trinajstić information content (AvgIpc) is 3.12. The second-order valence-corrected chi connectivity index (χ2v) is 9.14. The second-order valence-electron chi connectivity index (χ2n) is 8.36. The molecule has 1 aromatic carbocycles. The Kier molecular flexibility index (Phi) is 4.03. The van der Waals surface area contributed by atoms with Crippen LogP contribution in [0.4, 0.5) is 11.6 Å². The van der Waals surface area contributed by atoms with Crippen LogP contribution in [0.5, 0.6) is 11.5 Å². The third-order valence-corrected chi connectivity index (χ3v) is 6.18. The Morgan fingerprint density at radius 3 is 2.79 bits per heavy atom. The lowest BCUT2D eigenvalue weighted by molar-refractivity contribution is -0.118. The van der Waals surface area contributed by atoms with Crippen LogP contribution in [-0.4, -0.2) is 28.8 Å². The number of rotatable bonds is 2. The van der Waals surface area contributed by atoms with E-state index in [0.717, 1.165) is 28.8 Å². The zero-order chi connectivity index (χ0) is 20.3. The van der Waals surface area contributed by atoms with Crippen molar-refractivity contribution >= 4 is 29.2 Å². The van der Waals surface area contributed by atoms with Crippen molar-refractivity contribution < 1.29 is 14.3 Å². The maximum Gasteiger partial charge on any atom is 0.231 e. The summed E-state index contributed by atoms with van der Waals surface area (Å²) in [6.45, 7) is 4.43. The van der Waals surface area contributed by atoms with E-state index in [1.807, 2.05) is 24.5 Å². The Morgan fingerprint density at radius 1 is 1.21 bits per heavy atom. The number of benzene rings is 1. The van der Waals surface area contributed by atoms with Crippen molar-refractivity contribution in [2.24, 2.45) is 5.41 Å². The number of hydrogen-bond donors (Lipinski definition) is 2. The summed E-state index contributed by atoms with van der Waals surface area (Å²) in [6, 6.07) is 5.78. The average molecular weight is 410 g/mol. The fourth-order valence-corrected chi connectivity index (χ4v) is 4.80. The van der Waals surface area contributed by atoms with Crippen LogP contribution < -0.4 is 20.5 Å². The molecule has 0 radical (unpaired) electrons. The van der Waals surface area contributed by atoms with Crippen molar-refractivity contribution in [3.05, 3.63) is 40.6 Å². The van der Waals surface area contributed by atoms with Crippen molar-refractivity contribution in [1.29, 1.82) is 0 Å². The normalized spacial score (nSPS) is 21.5. The molecule has 0 amide bonds. The van der Waals surface area contributed by atoms with Crippen molar-refractivity contribution in [2.45, 2.75) is 37.8 Å². The largest absolute Gasteiger partial charge is 0.454 e. The van der Waals surface area contributed by atoms with E-state index in [9.17, 15) is 4.79 Å². The number of carbonyl (C=O) groups is 1. The van der Waals surface area contributed by atoms with E-state index in [1.54, 1.807) is 0 Å². The van der Waals surface area contributed by atoms with Gasteiger partial charge in [0, 0.05) is 29.2 Å². The number of thioether (sulfide) groups is 1. The summed E-state index contributed by atoms with van der Waals surface area (Å²) in [5.74, 6) is 2.23. The molecule has 0 saturated heterocycles. The molecule has 1 atom stereocenters. The van der Waals surface area contributed by atoms with Crippen LogP contribution in [0.2, 0.25) is 0 Å². The molecular weight excluding hydrogens is 388 g/mol. The molecule has 0 spiro atoms. The number of ketones is 1. The van der Waals surface area contributed by atoms with Gasteiger partial charge in [0.1, 0.15) is 11.6 Å². The van der Waals surface area contributed by atoms with E-state index in [-0.39, 0.29) is 23.9 Å². The molecule has 3 aliphatic rings. The molecule has 0 fully saturated rings. The maximum absolute atomic E-state index is 13.3. The van der Waals surface area contributed by atoms with E-state index < -0.39 is 0 Å². The molecular formula is C21H22N4O3S. The van der Waals surface area contributed by atoms with Gasteiger partial charge in [0.05, 0.1) is 0 Å². The van der Waals surface area contributed by atoms with E-state index in [4.69, 9.17) is 15.2 Å². The highest BCUT2D eigenvalue weighted by Gasteiger charge is 2.42. The number of anilines is 2. The van der Waals surface area contributed by atoms with Gasteiger partial charge in [-0.05, 0) is 35.8 Å². The highest BCUT2D eigenvalue weighted by molar-refractivity contribution is 7.98. The topological polar surface area (TPSA) is 99.4 Å². The number of nitrogens with zero attached hydrogens (tertiary/aromatic N) is 2. The summed E-state index contributed by atoms with van der Waals surface area (Å²) in [7, 11) is 0. The fraction of sp³-hybridized carbons (Fsp3) is 0.381. The molecule has 0 saturated carbocycles. The molecule has 3 heterocycles. The van der Waals surface area contributed by atoms with Gasteiger partial charge in [-0.2, -0.15) is 0 Å². The van der Waals surface area contributed by atoms with Crippen molar-refractivity contribution in [3.8, 4) is 11.5 Å². The smallest absolute Gasteiger partial charge is 0.231 e. The zero-order valence-electron chi connectivity index (χ0n) is 16.5. The highest BCUT2D eigenvalue weighted by Crippen LogP contribution is 2.51. The first-order chi connectivity index (χ1) is 13.9. The Balaban J connectivity index is 1.74. The van der Waals surface area contributed by atoms with Crippen LogP contribution >= 0.6 is 11.8 Å². The predicted octanol–water partition coefficient (Wildman–Crippen LogP) is 3.71. The van der Waals surface area contributed by atoms with Gasteiger partial charge < -0.3 is 20.5 Å². The molecule has 1 aliphatic carbocycles. The van der Waals surface area contributed by atoms with Gasteiger partial charge in [-0.15, -0.1) is 0 Å². The Labute approximate surface area is 173 Å². The molecule has 2 aliphatic heterocycles. The number of fused-ring (bicyclic) bond motifs is 2. The molecule has 8 heteroatoms. The molecule has 1 unspecified atom stereocenters. The van der Waals surface area contributed by atoms with Crippen LogP contribution in [0.25, 0.3) is 0 Å². The number of nitrogen functional groups attached to an aromatic ring is 1. The second kappa shape index (κ2) is 6.38. The minimum Gasteiger partial charge on any atom is -0.454 e. The van der Waals surface area contributed by atoms with Gasteiger partial charge in [-0.1, -0.05) is 31.7 Å². The highest BCUT2D eigenvalue weighted by atomic mass is 32.2. The van der Waals surface area contributed by atoms with Gasteiger partial charge in [-0.3, -0.25) is 4.79 Å². The van der Waals surface area contributed by atoms with E-state index in [1.165, 1.54) is 11.8 Å². The lowest BCUT2D eigenvalue weighted by atomic mass is 9.69. The number of nitrogens with two attached hydrogens (primary N) is 1. The molecule has 2 aromatic rings. The minimum absolute atomic E-state index is 0.110. The Bertz CT molecular complexity index is 1080. The summed E-state index contributed by atoms with van der Waals surface area (Å²) >= 11 is 1.44. The molecule has 150 valence electrons. The van der Waals surface area contributed by atoms with Crippen molar-refractivity contribution in [1.82, 2.24) is 9.97 Å². The summed E-state index contributed by atoms with van der Waals surface area (Å²) < 4.78 is 11.0. The van der Waals surface area contributed by atoms with Crippen molar-refractivity contribution in [3.63, 3.8) is 0 Å². The first-order valence-electron chi connectivity index (χ1n) is 9.50. The summed E-state index contributed by atoms with van der Waals surface area (Å²) in [6.07, 6.45) is 3.18. The Hall–Kier alpha value is -2.74. The molecule has 7 nitrogen and oxygen atoms in total. The summed E-state index contributed by atoms with van der Waals surface area (Å²) in [5, 5.41) is 4.01. The number of Topliss-reactive ketones (excluding diaryl/α,β-unsaturated/α-hetero) is 1. The number of aromatic nitrogens is 2. The zero-order valence-corrected chi connectivity index (χ0v) is 17.4. The summed E-state index contributed by atoms with van der Waals surface area (Å²) in [5.41, 5.74) is 9.61. The number of carbonyl (C=O) groups excluding carboxylic acids is 1. The van der Waals surface area contributed by atoms with Gasteiger partial charge in [-0.25, -0.2) is 9.97 Å². The first-order valence-corrected chi connectivity index (χ1v) is 10.7. The van der Waals surface area contributed by atoms with Crippen LogP contribution in [0.3, 0.4) is 0 Å². The monoisotopic (exact) mass is 410 g/mol. The fourth-order valence-electron chi connectivity index (χ4n) is 4.43. The standard InChI is InChI=1S/C21H22N4O3S/c1-21(2)7-11-16(12(26)8-21)15(10-4-5-13-14(6-10)28-9-27-13)17-18(22)24-20(29-3)25-19(17)23-11/h4-6,15H,7-9H2,1-3H3,(H3,22,23,24,25). The number of nitrogens with one attached hydrogen (secondary N) is 1. The van der Waals surface area contributed by atoms with E-state index in [2.05, 4.69) is 29.1 Å². The van der Waals surface area contributed by atoms with Gasteiger partial charge >= 0.3 is 0 Å². The van der Waals surface area contributed by atoms with Crippen LogP contribution in [0.1, 0.15) is 43.7 Å². The SMILES string of the molecule is CSc1nc(N)c2c(n1)NC1=C(C(=O)CC(C)(C)C1)C2c1ccc2c(c1)OCO2. The van der Waals surface area contributed by atoms with E-state index >= 15 is 0 Å². The first kappa shape index (κ1) is 18.3. The van der Waals surface area contributed by atoms with Crippen molar-refractivity contribution in [2.75, 3.05) is 24.1 Å².